The lowest BCUT2D eigenvalue weighted by Gasteiger charge is -2.14. The van der Waals surface area contributed by atoms with E-state index in [9.17, 15) is 14.4 Å². The Morgan fingerprint density at radius 3 is 2.40 bits per heavy atom. The largest absolute Gasteiger partial charge is 0.482 e. The van der Waals surface area contributed by atoms with Crippen LogP contribution in [0.2, 0.25) is 0 Å². The molecule has 0 amide bonds. The maximum Gasteiger partial charge on any atom is 0.337 e. The maximum absolute atomic E-state index is 12.7. The van der Waals surface area contributed by atoms with Crippen LogP contribution in [0.1, 0.15) is 56.3 Å². The summed E-state index contributed by atoms with van der Waals surface area (Å²) in [6.07, 6.45) is -0.788. The zero-order chi connectivity index (χ0) is 18.7. The minimum atomic E-state index is -0.788. The Bertz CT molecular complexity index is 834. The molecule has 1 heterocycles. The van der Waals surface area contributed by atoms with E-state index in [1.165, 1.54) is 20.1 Å². The number of Topliss-reactive ketones (excluding diaryl/α,β-unsaturated/α-hetero) is 2. The maximum atomic E-state index is 12.7. The van der Waals surface area contributed by atoms with Gasteiger partial charge in [-0.05, 0) is 51.5 Å². The first-order valence-corrected chi connectivity index (χ1v) is 7.85. The molecule has 1 aromatic carbocycles. The minimum absolute atomic E-state index is 0.0929. The first-order chi connectivity index (χ1) is 11.8. The molecule has 25 heavy (non-hydrogen) atoms. The topological polar surface area (TPSA) is 85.5 Å². The van der Waals surface area contributed by atoms with Gasteiger partial charge in [-0.25, -0.2) is 4.79 Å². The van der Waals surface area contributed by atoms with Crippen LogP contribution in [-0.2, 0) is 4.74 Å². The van der Waals surface area contributed by atoms with Gasteiger partial charge in [0.25, 0.3) is 0 Å². The standard InChI is InChI=1S/C19H21NO5/c1-10-16(12(3)21)11(2)20-17(10)18(22)13(4)25-15-8-6-7-14(9-15)19(23)24-5/h6-9,13,20H,1-5H3/t13-/m0/s1. The zero-order valence-electron chi connectivity index (χ0n) is 14.9. The molecule has 0 unspecified atom stereocenters. The Balaban J connectivity index is 2.23. The molecule has 1 atom stereocenters. The predicted octanol–water partition coefficient (Wildman–Crippen LogP) is 3.27. The number of aryl methyl sites for hydroxylation is 1. The second kappa shape index (κ2) is 7.34. The monoisotopic (exact) mass is 343 g/mol. The number of esters is 1. The van der Waals surface area contributed by atoms with Crippen LogP contribution in [0.3, 0.4) is 0 Å². The van der Waals surface area contributed by atoms with E-state index >= 15 is 0 Å². The highest BCUT2D eigenvalue weighted by atomic mass is 16.5. The van der Waals surface area contributed by atoms with Crippen LogP contribution in [0.15, 0.2) is 24.3 Å². The van der Waals surface area contributed by atoms with Gasteiger partial charge in [-0.2, -0.15) is 0 Å². The number of nitrogens with one attached hydrogen (secondary N) is 1. The molecular weight excluding hydrogens is 322 g/mol. The summed E-state index contributed by atoms with van der Waals surface area (Å²) in [6.45, 7) is 6.58. The van der Waals surface area contributed by atoms with Crippen LogP contribution in [0, 0.1) is 13.8 Å². The normalized spacial score (nSPS) is 11.7. The van der Waals surface area contributed by atoms with Crippen molar-refractivity contribution in [2.45, 2.75) is 33.8 Å². The third-order valence-electron chi connectivity index (χ3n) is 3.97. The molecule has 0 spiro atoms. The summed E-state index contributed by atoms with van der Waals surface area (Å²) in [6, 6.07) is 6.42. The molecule has 132 valence electrons. The number of aromatic amines is 1. The van der Waals surface area contributed by atoms with E-state index in [2.05, 4.69) is 9.72 Å². The van der Waals surface area contributed by atoms with Crippen molar-refractivity contribution in [3.63, 3.8) is 0 Å². The number of benzene rings is 1. The van der Waals surface area contributed by atoms with Crippen LogP contribution >= 0.6 is 0 Å². The molecule has 0 saturated heterocycles. The number of hydrogen-bond acceptors (Lipinski definition) is 5. The summed E-state index contributed by atoms with van der Waals surface area (Å²) in [5.74, 6) is -0.455. The second-order valence-electron chi connectivity index (χ2n) is 5.82. The van der Waals surface area contributed by atoms with Gasteiger partial charge in [0.15, 0.2) is 11.9 Å². The van der Waals surface area contributed by atoms with E-state index in [0.29, 0.717) is 33.8 Å². The molecule has 1 N–H and O–H groups in total. The fourth-order valence-corrected chi connectivity index (χ4v) is 2.80. The van der Waals surface area contributed by atoms with E-state index in [1.807, 2.05) is 0 Å². The van der Waals surface area contributed by atoms with Crippen molar-refractivity contribution >= 4 is 17.5 Å². The number of aromatic nitrogens is 1. The molecular formula is C19H21NO5. The second-order valence-corrected chi connectivity index (χ2v) is 5.82. The van der Waals surface area contributed by atoms with Gasteiger partial charge in [-0.3, -0.25) is 9.59 Å². The van der Waals surface area contributed by atoms with Crippen molar-refractivity contribution in [3.8, 4) is 5.75 Å². The number of methoxy groups -OCH3 is 1. The fourth-order valence-electron chi connectivity index (χ4n) is 2.80. The number of rotatable bonds is 6. The van der Waals surface area contributed by atoms with Gasteiger partial charge < -0.3 is 14.5 Å². The van der Waals surface area contributed by atoms with E-state index in [0.717, 1.165) is 0 Å². The molecule has 6 nitrogen and oxygen atoms in total. The third kappa shape index (κ3) is 3.79. The van der Waals surface area contributed by atoms with Crippen molar-refractivity contribution in [1.82, 2.24) is 4.98 Å². The predicted molar refractivity (Wildman–Crippen MR) is 92.5 cm³/mol. The average Bonchev–Trinajstić information content (AvgIpc) is 2.88. The van der Waals surface area contributed by atoms with Gasteiger partial charge in [0.2, 0.25) is 5.78 Å². The Morgan fingerprint density at radius 1 is 1.16 bits per heavy atom. The van der Waals surface area contributed by atoms with Gasteiger partial charge in [0, 0.05) is 11.3 Å². The van der Waals surface area contributed by atoms with Crippen molar-refractivity contribution in [2.75, 3.05) is 7.11 Å². The molecule has 0 aliphatic rings. The first kappa shape index (κ1) is 18.4. The highest BCUT2D eigenvalue weighted by molar-refractivity contribution is 6.04. The van der Waals surface area contributed by atoms with Crippen LogP contribution < -0.4 is 4.74 Å². The zero-order valence-corrected chi connectivity index (χ0v) is 14.9. The number of ether oxygens (including phenoxy) is 2. The quantitative estimate of drug-likeness (QED) is 0.643. The molecule has 0 radical (unpaired) electrons. The minimum Gasteiger partial charge on any atom is -0.482 e. The van der Waals surface area contributed by atoms with Crippen molar-refractivity contribution < 1.29 is 23.9 Å². The molecule has 0 aliphatic heterocycles. The summed E-state index contributed by atoms with van der Waals surface area (Å²) in [5.41, 5.74) is 2.51. The van der Waals surface area contributed by atoms with Crippen LogP contribution in [0.4, 0.5) is 0 Å². The first-order valence-electron chi connectivity index (χ1n) is 7.85. The average molecular weight is 343 g/mol. The fraction of sp³-hybridized carbons (Fsp3) is 0.316. The molecule has 1 aromatic heterocycles. The lowest BCUT2D eigenvalue weighted by molar-refractivity contribution is 0.0600. The smallest absolute Gasteiger partial charge is 0.337 e. The highest BCUT2D eigenvalue weighted by Crippen LogP contribution is 2.22. The van der Waals surface area contributed by atoms with E-state index < -0.39 is 12.1 Å². The Morgan fingerprint density at radius 2 is 1.84 bits per heavy atom. The number of carbonyl (C=O) groups is 3. The van der Waals surface area contributed by atoms with Gasteiger partial charge in [0.1, 0.15) is 5.75 Å². The van der Waals surface area contributed by atoms with Crippen LogP contribution in [0.5, 0.6) is 5.75 Å². The lowest BCUT2D eigenvalue weighted by Crippen LogP contribution is -2.25. The molecule has 0 fully saturated rings. The summed E-state index contributed by atoms with van der Waals surface area (Å²) in [4.78, 5) is 38.9. The SMILES string of the molecule is COC(=O)c1cccc(O[C@@H](C)C(=O)c2[nH]c(C)c(C(C)=O)c2C)c1. The molecule has 2 rings (SSSR count). The molecule has 0 bridgehead atoms. The van der Waals surface area contributed by atoms with Crippen molar-refractivity contribution in [1.29, 1.82) is 0 Å². The van der Waals surface area contributed by atoms with Gasteiger partial charge >= 0.3 is 5.97 Å². The van der Waals surface area contributed by atoms with E-state index in [4.69, 9.17) is 4.74 Å². The van der Waals surface area contributed by atoms with Gasteiger partial charge in [0.05, 0.1) is 18.4 Å². The summed E-state index contributed by atoms with van der Waals surface area (Å²) >= 11 is 0. The Hall–Kier alpha value is -2.89. The summed E-state index contributed by atoms with van der Waals surface area (Å²) in [7, 11) is 1.30. The summed E-state index contributed by atoms with van der Waals surface area (Å²) in [5, 5.41) is 0. The van der Waals surface area contributed by atoms with Crippen LogP contribution in [0.25, 0.3) is 0 Å². The van der Waals surface area contributed by atoms with Crippen LogP contribution in [-0.4, -0.2) is 35.7 Å². The van der Waals surface area contributed by atoms with Crippen molar-refractivity contribution in [3.05, 3.63) is 52.3 Å². The third-order valence-corrected chi connectivity index (χ3v) is 3.97. The number of H-pyrrole nitrogens is 1. The van der Waals surface area contributed by atoms with Gasteiger partial charge in [-0.15, -0.1) is 0 Å². The van der Waals surface area contributed by atoms with E-state index in [-0.39, 0.29) is 11.6 Å². The number of hydrogen-bond donors (Lipinski definition) is 1. The molecule has 0 saturated carbocycles. The number of carbonyl (C=O) groups excluding carboxylic acids is 3. The Kier molecular flexibility index (Phi) is 5.41. The number of ketones is 2. The van der Waals surface area contributed by atoms with Gasteiger partial charge in [-0.1, -0.05) is 6.07 Å². The van der Waals surface area contributed by atoms with Crippen molar-refractivity contribution in [2.24, 2.45) is 0 Å². The summed E-state index contributed by atoms with van der Waals surface area (Å²) < 4.78 is 10.3. The Labute approximate surface area is 146 Å². The van der Waals surface area contributed by atoms with E-state index in [1.54, 1.807) is 39.0 Å². The lowest BCUT2D eigenvalue weighted by atomic mass is 10.0. The highest BCUT2D eigenvalue weighted by Gasteiger charge is 2.25. The molecule has 0 aliphatic carbocycles. The molecule has 2 aromatic rings. The molecule has 6 heteroatoms.